The van der Waals surface area contributed by atoms with Crippen LogP contribution in [0.2, 0.25) is 0 Å². The van der Waals surface area contributed by atoms with Crippen LogP contribution in [-0.2, 0) is 10.1 Å². The van der Waals surface area contributed by atoms with E-state index in [1.54, 1.807) is 0 Å². The predicted molar refractivity (Wildman–Crippen MR) is 54.3 cm³/mol. The van der Waals surface area contributed by atoms with Crippen LogP contribution in [0.4, 0.5) is 5.69 Å². The Morgan fingerprint density at radius 2 is 1.87 bits per heavy atom. The van der Waals surface area contributed by atoms with E-state index in [0.29, 0.717) is 0 Å². The Morgan fingerprint density at radius 1 is 1.33 bits per heavy atom. The molecule has 0 unspecified atom stereocenters. The summed E-state index contributed by atoms with van der Waals surface area (Å²) in [5.74, 6) is 0. The lowest BCUT2D eigenvalue weighted by atomic mass is 10.3. The van der Waals surface area contributed by atoms with Gasteiger partial charge in [0.1, 0.15) is 4.90 Å². The van der Waals surface area contributed by atoms with Gasteiger partial charge in [-0.05, 0) is 6.07 Å². The molecule has 0 bridgehead atoms. The van der Waals surface area contributed by atoms with Gasteiger partial charge in [-0.3, -0.25) is 14.7 Å². The third-order valence-corrected chi connectivity index (χ3v) is 2.18. The van der Waals surface area contributed by atoms with E-state index in [4.69, 9.17) is 4.55 Å². The molecule has 15 heavy (non-hydrogen) atoms. The first-order valence-corrected chi connectivity index (χ1v) is 5.57. The molecule has 0 saturated carbocycles. The monoisotopic (exact) mass is 233 g/mol. The molecule has 0 atom stereocenters. The SMILES string of the molecule is CC.O=[N+]([O-])c1cccc(S(=O)(=O)O)c1. The highest BCUT2D eigenvalue weighted by molar-refractivity contribution is 7.85. The van der Waals surface area contributed by atoms with Gasteiger partial charge < -0.3 is 0 Å². The van der Waals surface area contributed by atoms with Crippen LogP contribution >= 0.6 is 0 Å². The number of nitro groups is 1. The molecule has 0 fully saturated rings. The molecule has 0 aliphatic rings. The lowest BCUT2D eigenvalue weighted by molar-refractivity contribution is -0.385. The number of hydrogen-bond acceptors (Lipinski definition) is 4. The Morgan fingerprint density at radius 3 is 2.27 bits per heavy atom. The molecule has 6 nitrogen and oxygen atoms in total. The fraction of sp³-hybridized carbons (Fsp3) is 0.250. The van der Waals surface area contributed by atoms with Crippen molar-refractivity contribution in [3.63, 3.8) is 0 Å². The van der Waals surface area contributed by atoms with Gasteiger partial charge in [0.15, 0.2) is 0 Å². The van der Waals surface area contributed by atoms with Crippen molar-refractivity contribution < 1.29 is 17.9 Å². The van der Waals surface area contributed by atoms with Gasteiger partial charge in [-0.25, -0.2) is 0 Å². The Hall–Kier alpha value is -1.47. The Kier molecular flexibility index (Phi) is 4.89. The minimum Gasteiger partial charge on any atom is -0.282 e. The largest absolute Gasteiger partial charge is 0.294 e. The number of benzene rings is 1. The summed E-state index contributed by atoms with van der Waals surface area (Å²) in [6.45, 7) is 4.00. The maximum atomic E-state index is 10.5. The first kappa shape index (κ1) is 13.5. The number of rotatable bonds is 2. The van der Waals surface area contributed by atoms with Crippen LogP contribution in [0.25, 0.3) is 0 Å². The van der Waals surface area contributed by atoms with Crippen molar-refractivity contribution in [2.45, 2.75) is 18.7 Å². The van der Waals surface area contributed by atoms with E-state index in [1.165, 1.54) is 6.07 Å². The van der Waals surface area contributed by atoms with Crippen LogP contribution in [0.5, 0.6) is 0 Å². The molecule has 0 amide bonds. The molecule has 0 radical (unpaired) electrons. The molecule has 0 spiro atoms. The van der Waals surface area contributed by atoms with Crippen LogP contribution in [0.15, 0.2) is 29.2 Å². The highest BCUT2D eigenvalue weighted by Gasteiger charge is 2.13. The second-order valence-electron chi connectivity index (χ2n) is 2.23. The quantitative estimate of drug-likeness (QED) is 0.477. The summed E-state index contributed by atoms with van der Waals surface area (Å²) in [6.07, 6.45) is 0. The van der Waals surface area contributed by atoms with E-state index in [-0.39, 0.29) is 5.69 Å². The van der Waals surface area contributed by atoms with Gasteiger partial charge in [0.05, 0.1) is 4.92 Å². The topological polar surface area (TPSA) is 97.5 Å². The molecule has 1 aromatic carbocycles. The molecular weight excluding hydrogens is 222 g/mol. The van der Waals surface area contributed by atoms with E-state index in [2.05, 4.69) is 0 Å². The molecule has 0 aliphatic carbocycles. The second kappa shape index (κ2) is 5.42. The lowest BCUT2D eigenvalue weighted by Crippen LogP contribution is -1.98. The van der Waals surface area contributed by atoms with Crippen molar-refractivity contribution in [3.05, 3.63) is 34.4 Å². The fourth-order valence-electron chi connectivity index (χ4n) is 0.758. The molecule has 0 heterocycles. The van der Waals surface area contributed by atoms with Gasteiger partial charge in [-0.1, -0.05) is 19.9 Å². The molecule has 0 aromatic heterocycles. The van der Waals surface area contributed by atoms with Crippen LogP contribution in [-0.4, -0.2) is 17.9 Å². The zero-order chi connectivity index (χ0) is 12.1. The van der Waals surface area contributed by atoms with Crippen molar-refractivity contribution in [2.24, 2.45) is 0 Å². The summed E-state index contributed by atoms with van der Waals surface area (Å²) in [5, 5.41) is 10.2. The molecule has 7 heteroatoms. The van der Waals surface area contributed by atoms with Gasteiger partial charge in [0.25, 0.3) is 15.8 Å². The van der Waals surface area contributed by atoms with Crippen molar-refractivity contribution in [3.8, 4) is 0 Å². The van der Waals surface area contributed by atoms with Crippen LogP contribution in [0, 0.1) is 10.1 Å². The molecule has 0 saturated heterocycles. The number of nitrogens with zero attached hydrogens (tertiary/aromatic N) is 1. The normalized spacial score (nSPS) is 10.1. The van der Waals surface area contributed by atoms with E-state index in [0.717, 1.165) is 18.2 Å². The average molecular weight is 233 g/mol. The zero-order valence-electron chi connectivity index (χ0n) is 8.25. The summed E-state index contributed by atoms with van der Waals surface area (Å²) < 4.78 is 29.6. The Bertz CT molecular complexity index is 440. The van der Waals surface area contributed by atoms with Crippen LogP contribution in [0.1, 0.15) is 13.8 Å². The van der Waals surface area contributed by atoms with Gasteiger partial charge in [0.2, 0.25) is 0 Å². The van der Waals surface area contributed by atoms with Crippen molar-refractivity contribution in [2.75, 3.05) is 0 Å². The van der Waals surface area contributed by atoms with E-state index in [1.807, 2.05) is 13.8 Å². The number of hydrogen-bond donors (Lipinski definition) is 1. The highest BCUT2D eigenvalue weighted by Crippen LogP contribution is 2.16. The number of nitro benzene ring substituents is 1. The first-order valence-electron chi connectivity index (χ1n) is 4.13. The maximum Gasteiger partial charge on any atom is 0.294 e. The van der Waals surface area contributed by atoms with Crippen molar-refractivity contribution >= 4 is 15.8 Å². The van der Waals surface area contributed by atoms with E-state index >= 15 is 0 Å². The fourth-order valence-corrected chi connectivity index (χ4v) is 1.28. The third-order valence-electron chi connectivity index (χ3n) is 1.33. The van der Waals surface area contributed by atoms with E-state index in [9.17, 15) is 18.5 Å². The summed E-state index contributed by atoms with van der Waals surface area (Å²) in [4.78, 5) is 8.98. The van der Waals surface area contributed by atoms with Crippen molar-refractivity contribution in [1.29, 1.82) is 0 Å². The summed E-state index contributed by atoms with van der Waals surface area (Å²) >= 11 is 0. The predicted octanol–water partition coefficient (Wildman–Crippen LogP) is 1.87. The summed E-state index contributed by atoms with van der Waals surface area (Å²) in [5.41, 5.74) is -0.380. The third kappa shape index (κ3) is 4.05. The van der Waals surface area contributed by atoms with Crippen LogP contribution < -0.4 is 0 Å². The standard InChI is InChI=1S/C6H5NO5S.C2H6/c8-7(9)5-2-1-3-6(4-5)13(10,11)12;1-2/h1-4H,(H,10,11,12);1-2H3. The molecule has 1 rings (SSSR count). The molecule has 0 aliphatic heterocycles. The summed E-state index contributed by atoms with van der Waals surface area (Å²) in [6, 6.07) is 4.17. The number of non-ortho nitro benzene ring substituents is 1. The minimum absolute atomic E-state index is 0.380. The zero-order valence-corrected chi connectivity index (χ0v) is 9.06. The van der Waals surface area contributed by atoms with Crippen molar-refractivity contribution in [1.82, 2.24) is 0 Å². The van der Waals surface area contributed by atoms with E-state index < -0.39 is 19.9 Å². The van der Waals surface area contributed by atoms with Crippen LogP contribution in [0.3, 0.4) is 0 Å². The molecule has 1 aromatic rings. The smallest absolute Gasteiger partial charge is 0.282 e. The second-order valence-corrected chi connectivity index (χ2v) is 3.65. The molecule has 1 N–H and O–H groups in total. The maximum absolute atomic E-state index is 10.5. The van der Waals surface area contributed by atoms with Gasteiger partial charge >= 0.3 is 0 Å². The first-order chi connectivity index (χ1) is 6.91. The molecular formula is C8H11NO5S. The van der Waals surface area contributed by atoms with Gasteiger partial charge in [-0.2, -0.15) is 8.42 Å². The average Bonchev–Trinajstić information content (AvgIpc) is 2.20. The lowest BCUT2D eigenvalue weighted by Gasteiger charge is -1.95. The highest BCUT2D eigenvalue weighted by atomic mass is 32.2. The molecule has 84 valence electrons. The van der Waals surface area contributed by atoms with Gasteiger partial charge in [0, 0.05) is 12.1 Å². The Balaban J connectivity index is 0.000000921. The van der Waals surface area contributed by atoms with Gasteiger partial charge in [-0.15, -0.1) is 0 Å². The minimum atomic E-state index is -4.36. The summed E-state index contributed by atoms with van der Waals surface area (Å²) in [7, 11) is -4.36. The Labute approximate surface area is 87.4 Å².